The molecule has 0 heterocycles. The lowest BCUT2D eigenvalue weighted by atomic mass is 9.43. The van der Waals surface area contributed by atoms with Crippen LogP contribution >= 0.6 is 0 Å². The van der Waals surface area contributed by atoms with Gasteiger partial charge in [0.25, 0.3) is 0 Å². The first-order chi connectivity index (χ1) is 9.59. The summed E-state index contributed by atoms with van der Waals surface area (Å²) in [6.07, 6.45) is 8.62. The minimum atomic E-state index is -0.444. The Kier molecular flexibility index (Phi) is 2.72. The molecule has 0 unspecified atom stereocenters. The summed E-state index contributed by atoms with van der Waals surface area (Å²) < 4.78 is 27.1. The van der Waals surface area contributed by atoms with E-state index >= 15 is 0 Å². The van der Waals surface area contributed by atoms with E-state index in [1.165, 1.54) is 32.1 Å². The Morgan fingerprint density at radius 3 is 2.20 bits per heavy atom. The standard InChI is InChI=1S/C17H21F2N/c18-13-6-12(7-14(19)8-13)17(11-20-15-2-3-15)9-16(10-17)4-1-5-16/h6-8,15,20H,1-5,9-11H2. The third kappa shape index (κ3) is 2.07. The Morgan fingerprint density at radius 1 is 1.05 bits per heavy atom. The van der Waals surface area contributed by atoms with Gasteiger partial charge in [-0.15, -0.1) is 0 Å². The average molecular weight is 277 g/mol. The maximum atomic E-state index is 13.6. The van der Waals surface area contributed by atoms with Crippen molar-refractivity contribution in [3.63, 3.8) is 0 Å². The summed E-state index contributed by atoms with van der Waals surface area (Å²) in [6, 6.07) is 4.71. The Bertz CT molecular complexity index is 504. The zero-order valence-corrected chi connectivity index (χ0v) is 11.7. The molecule has 0 aromatic heterocycles. The lowest BCUT2D eigenvalue weighted by molar-refractivity contribution is -0.0486. The van der Waals surface area contributed by atoms with E-state index in [1.807, 2.05) is 0 Å². The topological polar surface area (TPSA) is 12.0 Å². The largest absolute Gasteiger partial charge is 0.313 e. The first-order valence-corrected chi connectivity index (χ1v) is 7.79. The monoisotopic (exact) mass is 277 g/mol. The number of hydrogen-bond donors (Lipinski definition) is 1. The molecule has 3 aliphatic carbocycles. The summed E-state index contributed by atoms with van der Waals surface area (Å²) >= 11 is 0. The number of rotatable bonds is 4. The molecule has 1 nitrogen and oxygen atoms in total. The van der Waals surface area contributed by atoms with Crippen LogP contribution in [0, 0.1) is 17.0 Å². The van der Waals surface area contributed by atoms with Crippen molar-refractivity contribution in [2.45, 2.75) is 56.4 Å². The van der Waals surface area contributed by atoms with E-state index in [4.69, 9.17) is 0 Å². The van der Waals surface area contributed by atoms with Gasteiger partial charge in [0.1, 0.15) is 11.6 Å². The zero-order chi connectivity index (χ0) is 13.8. The van der Waals surface area contributed by atoms with Gasteiger partial charge in [0, 0.05) is 24.1 Å². The molecule has 4 rings (SSSR count). The fourth-order valence-electron chi connectivity index (χ4n) is 4.33. The van der Waals surface area contributed by atoms with Gasteiger partial charge < -0.3 is 5.32 Å². The molecule has 1 aromatic rings. The molecule has 0 radical (unpaired) electrons. The molecule has 0 amide bonds. The van der Waals surface area contributed by atoms with Crippen molar-refractivity contribution in [3.05, 3.63) is 35.4 Å². The van der Waals surface area contributed by atoms with Crippen LogP contribution in [0.15, 0.2) is 18.2 Å². The maximum absolute atomic E-state index is 13.6. The van der Waals surface area contributed by atoms with Crippen molar-refractivity contribution < 1.29 is 8.78 Å². The highest BCUT2D eigenvalue weighted by atomic mass is 19.1. The van der Waals surface area contributed by atoms with E-state index in [1.54, 1.807) is 12.1 Å². The molecular weight excluding hydrogens is 256 g/mol. The van der Waals surface area contributed by atoms with Crippen LogP contribution in [0.5, 0.6) is 0 Å². The fraction of sp³-hybridized carbons (Fsp3) is 0.647. The molecule has 3 heteroatoms. The number of hydrogen-bond acceptors (Lipinski definition) is 1. The molecule has 108 valence electrons. The second-order valence-corrected chi connectivity index (χ2v) is 7.30. The summed E-state index contributed by atoms with van der Waals surface area (Å²) in [5, 5.41) is 3.58. The van der Waals surface area contributed by atoms with Crippen LogP contribution in [0.1, 0.15) is 50.5 Å². The van der Waals surface area contributed by atoms with Gasteiger partial charge in [0.2, 0.25) is 0 Å². The average Bonchev–Trinajstić information content (AvgIpc) is 3.08. The van der Waals surface area contributed by atoms with Gasteiger partial charge in [-0.1, -0.05) is 6.42 Å². The van der Waals surface area contributed by atoms with Gasteiger partial charge in [0.05, 0.1) is 0 Å². The molecule has 0 aliphatic heterocycles. The van der Waals surface area contributed by atoms with Gasteiger partial charge in [0.15, 0.2) is 0 Å². The Labute approximate surface area is 118 Å². The summed E-state index contributed by atoms with van der Waals surface area (Å²) in [7, 11) is 0. The third-order valence-electron chi connectivity index (χ3n) is 5.62. The van der Waals surface area contributed by atoms with Gasteiger partial charge in [-0.25, -0.2) is 8.78 Å². The first-order valence-electron chi connectivity index (χ1n) is 7.79. The summed E-state index contributed by atoms with van der Waals surface area (Å²) in [5.41, 5.74) is 1.32. The molecule has 0 saturated heterocycles. The second kappa shape index (κ2) is 4.27. The van der Waals surface area contributed by atoms with Crippen LogP contribution in [0.2, 0.25) is 0 Å². The Morgan fingerprint density at radius 2 is 1.70 bits per heavy atom. The van der Waals surface area contributed by atoms with Crippen molar-refractivity contribution in [3.8, 4) is 0 Å². The van der Waals surface area contributed by atoms with Crippen LogP contribution in [-0.4, -0.2) is 12.6 Å². The minimum Gasteiger partial charge on any atom is -0.313 e. The predicted molar refractivity (Wildman–Crippen MR) is 74.6 cm³/mol. The smallest absolute Gasteiger partial charge is 0.126 e. The predicted octanol–water partition coefficient (Wildman–Crippen LogP) is 3.92. The van der Waals surface area contributed by atoms with Gasteiger partial charge in [-0.3, -0.25) is 0 Å². The molecule has 1 aromatic carbocycles. The summed E-state index contributed by atoms with van der Waals surface area (Å²) in [5.74, 6) is -0.888. The van der Waals surface area contributed by atoms with Crippen LogP contribution in [0.4, 0.5) is 8.78 Å². The third-order valence-corrected chi connectivity index (χ3v) is 5.62. The van der Waals surface area contributed by atoms with E-state index in [0.717, 1.165) is 31.0 Å². The maximum Gasteiger partial charge on any atom is 0.126 e. The van der Waals surface area contributed by atoms with E-state index in [0.29, 0.717) is 11.5 Å². The number of halogens is 2. The molecule has 3 fully saturated rings. The van der Waals surface area contributed by atoms with Gasteiger partial charge in [-0.05, 0) is 61.6 Å². The Balaban J connectivity index is 1.60. The Hall–Kier alpha value is -0.960. The van der Waals surface area contributed by atoms with E-state index in [-0.39, 0.29) is 5.41 Å². The first kappa shape index (κ1) is 12.8. The lowest BCUT2D eigenvalue weighted by Gasteiger charge is -2.61. The van der Waals surface area contributed by atoms with Crippen LogP contribution in [-0.2, 0) is 5.41 Å². The summed E-state index contributed by atoms with van der Waals surface area (Å²) in [4.78, 5) is 0. The van der Waals surface area contributed by atoms with E-state index in [9.17, 15) is 8.78 Å². The van der Waals surface area contributed by atoms with Crippen molar-refractivity contribution in [1.29, 1.82) is 0 Å². The van der Waals surface area contributed by atoms with E-state index in [2.05, 4.69) is 5.32 Å². The lowest BCUT2D eigenvalue weighted by Crippen LogP contribution is -2.57. The minimum absolute atomic E-state index is 0.0358. The van der Waals surface area contributed by atoms with Crippen LogP contribution in [0.25, 0.3) is 0 Å². The van der Waals surface area contributed by atoms with Gasteiger partial charge >= 0.3 is 0 Å². The molecule has 3 aliphatic rings. The molecule has 0 bridgehead atoms. The summed E-state index contributed by atoms with van der Waals surface area (Å²) in [6.45, 7) is 0.877. The fourth-order valence-corrected chi connectivity index (χ4v) is 4.33. The highest BCUT2D eigenvalue weighted by Crippen LogP contribution is 2.64. The zero-order valence-electron chi connectivity index (χ0n) is 11.7. The van der Waals surface area contributed by atoms with E-state index < -0.39 is 11.6 Å². The number of benzene rings is 1. The normalized spacial score (nSPS) is 26.1. The molecule has 1 N–H and O–H groups in total. The SMILES string of the molecule is Fc1cc(F)cc(C2(CNC3CC3)CC3(CCC3)C2)c1. The molecule has 1 spiro atoms. The van der Waals surface area contributed by atoms with Crippen molar-refractivity contribution in [1.82, 2.24) is 5.32 Å². The molecular formula is C17H21F2N. The van der Waals surface area contributed by atoms with Crippen molar-refractivity contribution in [2.24, 2.45) is 5.41 Å². The van der Waals surface area contributed by atoms with Crippen molar-refractivity contribution >= 4 is 0 Å². The van der Waals surface area contributed by atoms with Crippen LogP contribution < -0.4 is 5.32 Å². The molecule has 3 saturated carbocycles. The second-order valence-electron chi connectivity index (χ2n) is 7.30. The quantitative estimate of drug-likeness (QED) is 0.879. The molecule has 0 atom stereocenters. The van der Waals surface area contributed by atoms with Crippen molar-refractivity contribution in [2.75, 3.05) is 6.54 Å². The van der Waals surface area contributed by atoms with Crippen LogP contribution in [0.3, 0.4) is 0 Å². The highest BCUT2D eigenvalue weighted by Gasteiger charge is 2.57. The number of nitrogens with one attached hydrogen (secondary N) is 1. The van der Waals surface area contributed by atoms with Gasteiger partial charge in [-0.2, -0.15) is 0 Å². The molecule has 20 heavy (non-hydrogen) atoms. The highest BCUT2D eigenvalue weighted by molar-refractivity contribution is 5.33.